The minimum Gasteiger partial charge on any atom is -0.493 e. The lowest BCUT2D eigenvalue weighted by atomic mass is 10.2. The molecule has 136 valence electrons. The summed E-state index contributed by atoms with van der Waals surface area (Å²) in [5.41, 5.74) is 1.04. The van der Waals surface area contributed by atoms with Gasteiger partial charge in [-0.2, -0.15) is 0 Å². The predicted molar refractivity (Wildman–Crippen MR) is 107 cm³/mol. The molecule has 0 saturated heterocycles. The monoisotopic (exact) mass is 449 g/mol. The first kappa shape index (κ1) is 20.8. The molecule has 0 radical (unpaired) electrons. The molecule has 1 aliphatic rings. The molecule has 0 amide bonds. The van der Waals surface area contributed by atoms with E-state index in [4.69, 9.17) is 14.6 Å². The molecular weight excluding hydrogens is 421 g/mol. The van der Waals surface area contributed by atoms with Crippen molar-refractivity contribution >= 4 is 29.9 Å². The summed E-state index contributed by atoms with van der Waals surface area (Å²) >= 11 is 0. The molecule has 1 aromatic carbocycles. The molecule has 1 aliphatic carbocycles. The molecule has 0 bridgehead atoms. The standard InChI is InChI=1S/C17H27N3O3.HI/c1-3-18-17(19-11-13-4-5-13)20-12-14-6-7-15(23-9-8-21)16(10-14)22-2;/h6-7,10,13,21H,3-5,8-9,11-12H2,1-2H3,(H2,18,19,20);1H. The van der Waals surface area contributed by atoms with Crippen LogP contribution in [0.2, 0.25) is 0 Å². The number of nitrogens with zero attached hydrogens (tertiary/aromatic N) is 1. The number of halogens is 1. The number of methoxy groups -OCH3 is 1. The lowest BCUT2D eigenvalue weighted by Gasteiger charge is -2.12. The quantitative estimate of drug-likeness (QED) is 0.306. The first-order valence-electron chi connectivity index (χ1n) is 8.19. The molecular formula is C17H28IN3O3. The zero-order valence-corrected chi connectivity index (χ0v) is 16.7. The van der Waals surface area contributed by atoms with Gasteiger partial charge in [0, 0.05) is 13.1 Å². The van der Waals surface area contributed by atoms with Crippen LogP contribution in [0, 0.1) is 5.92 Å². The topological polar surface area (TPSA) is 75.1 Å². The molecule has 0 aromatic heterocycles. The molecule has 2 rings (SSSR count). The summed E-state index contributed by atoms with van der Waals surface area (Å²) in [4.78, 5) is 4.61. The summed E-state index contributed by atoms with van der Waals surface area (Å²) in [5.74, 6) is 2.94. The van der Waals surface area contributed by atoms with Crippen LogP contribution < -0.4 is 20.1 Å². The summed E-state index contributed by atoms with van der Waals surface area (Å²) in [5, 5.41) is 15.5. The van der Waals surface area contributed by atoms with Crippen LogP contribution in [0.3, 0.4) is 0 Å². The Morgan fingerprint density at radius 3 is 2.71 bits per heavy atom. The van der Waals surface area contributed by atoms with Crippen molar-refractivity contribution in [2.45, 2.75) is 26.3 Å². The third kappa shape index (κ3) is 7.12. The first-order valence-corrected chi connectivity index (χ1v) is 8.19. The number of nitrogens with one attached hydrogen (secondary N) is 2. The molecule has 1 aromatic rings. The second kappa shape index (κ2) is 11.4. The van der Waals surface area contributed by atoms with E-state index in [2.05, 4.69) is 22.5 Å². The van der Waals surface area contributed by atoms with E-state index in [0.29, 0.717) is 18.0 Å². The van der Waals surface area contributed by atoms with Gasteiger partial charge in [-0.15, -0.1) is 24.0 Å². The summed E-state index contributed by atoms with van der Waals surface area (Å²) in [6.07, 6.45) is 2.64. The fraction of sp³-hybridized carbons (Fsp3) is 0.588. The van der Waals surface area contributed by atoms with Gasteiger partial charge in [0.05, 0.1) is 20.3 Å². The Morgan fingerprint density at radius 2 is 2.08 bits per heavy atom. The second-order valence-electron chi connectivity index (χ2n) is 5.58. The van der Waals surface area contributed by atoms with Crippen LogP contribution in [0.5, 0.6) is 11.5 Å². The van der Waals surface area contributed by atoms with E-state index < -0.39 is 0 Å². The minimum atomic E-state index is -0.0199. The van der Waals surface area contributed by atoms with Crippen molar-refractivity contribution in [2.75, 3.05) is 33.4 Å². The fourth-order valence-electron chi connectivity index (χ4n) is 2.16. The summed E-state index contributed by atoms with van der Waals surface area (Å²) < 4.78 is 10.8. The lowest BCUT2D eigenvalue weighted by molar-refractivity contribution is 0.196. The number of guanidine groups is 1. The first-order chi connectivity index (χ1) is 11.3. The smallest absolute Gasteiger partial charge is 0.191 e. The van der Waals surface area contributed by atoms with Gasteiger partial charge < -0.3 is 25.2 Å². The molecule has 0 aliphatic heterocycles. The van der Waals surface area contributed by atoms with Gasteiger partial charge in [-0.25, -0.2) is 4.99 Å². The van der Waals surface area contributed by atoms with E-state index in [1.165, 1.54) is 12.8 Å². The molecule has 0 atom stereocenters. The second-order valence-corrected chi connectivity index (χ2v) is 5.58. The van der Waals surface area contributed by atoms with Crippen molar-refractivity contribution in [2.24, 2.45) is 10.9 Å². The minimum absolute atomic E-state index is 0. The van der Waals surface area contributed by atoms with Crippen molar-refractivity contribution in [3.05, 3.63) is 23.8 Å². The Balaban J connectivity index is 0.00000288. The van der Waals surface area contributed by atoms with Crippen molar-refractivity contribution in [3.8, 4) is 11.5 Å². The van der Waals surface area contributed by atoms with Crippen molar-refractivity contribution in [3.63, 3.8) is 0 Å². The highest BCUT2D eigenvalue weighted by Gasteiger charge is 2.21. The lowest BCUT2D eigenvalue weighted by Crippen LogP contribution is -2.38. The van der Waals surface area contributed by atoms with Gasteiger partial charge >= 0.3 is 0 Å². The molecule has 0 unspecified atom stereocenters. The van der Waals surface area contributed by atoms with Crippen LogP contribution in [-0.2, 0) is 6.54 Å². The van der Waals surface area contributed by atoms with Crippen LogP contribution in [0.1, 0.15) is 25.3 Å². The van der Waals surface area contributed by atoms with E-state index >= 15 is 0 Å². The van der Waals surface area contributed by atoms with Crippen LogP contribution in [0.25, 0.3) is 0 Å². The third-order valence-corrected chi connectivity index (χ3v) is 3.60. The normalized spacial score (nSPS) is 13.9. The maximum Gasteiger partial charge on any atom is 0.191 e. The molecule has 6 nitrogen and oxygen atoms in total. The Labute approximate surface area is 161 Å². The molecule has 24 heavy (non-hydrogen) atoms. The van der Waals surface area contributed by atoms with Crippen LogP contribution in [-0.4, -0.2) is 44.5 Å². The molecule has 1 saturated carbocycles. The van der Waals surface area contributed by atoms with Crippen LogP contribution >= 0.6 is 24.0 Å². The average molecular weight is 449 g/mol. The van der Waals surface area contributed by atoms with Gasteiger partial charge in [-0.05, 0) is 43.4 Å². The molecule has 0 spiro atoms. The van der Waals surface area contributed by atoms with Gasteiger partial charge in [-0.1, -0.05) is 6.07 Å². The Hall–Kier alpha value is -1.22. The van der Waals surface area contributed by atoms with Crippen molar-refractivity contribution < 1.29 is 14.6 Å². The number of benzene rings is 1. The number of aliphatic imine (C=N–C) groups is 1. The Morgan fingerprint density at radius 1 is 1.29 bits per heavy atom. The van der Waals surface area contributed by atoms with Gasteiger partial charge in [0.25, 0.3) is 0 Å². The highest BCUT2D eigenvalue weighted by atomic mass is 127. The van der Waals surface area contributed by atoms with Crippen molar-refractivity contribution in [1.82, 2.24) is 10.6 Å². The highest BCUT2D eigenvalue weighted by Crippen LogP contribution is 2.28. The maximum absolute atomic E-state index is 8.84. The van der Waals surface area contributed by atoms with Crippen LogP contribution in [0.4, 0.5) is 0 Å². The number of aliphatic hydroxyl groups excluding tert-OH is 1. The average Bonchev–Trinajstić information content (AvgIpc) is 3.40. The number of hydrogen-bond donors (Lipinski definition) is 3. The van der Waals surface area contributed by atoms with Gasteiger partial charge in [0.1, 0.15) is 6.61 Å². The predicted octanol–water partition coefficient (Wildman–Crippen LogP) is 2.15. The zero-order valence-electron chi connectivity index (χ0n) is 14.4. The Bertz CT molecular complexity index is 522. The zero-order chi connectivity index (χ0) is 16.5. The van der Waals surface area contributed by atoms with Gasteiger partial charge in [0.15, 0.2) is 17.5 Å². The summed E-state index contributed by atoms with van der Waals surface area (Å²) in [7, 11) is 1.61. The number of aliphatic hydroxyl groups is 1. The molecule has 3 N–H and O–H groups in total. The van der Waals surface area contributed by atoms with Crippen molar-refractivity contribution in [1.29, 1.82) is 0 Å². The van der Waals surface area contributed by atoms with E-state index in [1.807, 2.05) is 18.2 Å². The number of rotatable bonds is 9. The third-order valence-electron chi connectivity index (χ3n) is 3.60. The van der Waals surface area contributed by atoms with Gasteiger partial charge in [0.2, 0.25) is 0 Å². The number of ether oxygens (including phenoxy) is 2. The Kier molecular flexibility index (Phi) is 9.85. The van der Waals surface area contributed by atoms with Crippen LogP contribution in [0.15, 0.2) is 23.2 Å². The largest absolute Gasteiger partial charge is 0.493 e. The molecule has 0 heterocycles. The SMILES string of the molecule is CCNC(=NCc1ccc(OCCO)c(OC)c1)NCC1CC1.I. The van der Waals surface area contributed by atoms with E-state index in [-0.39, 0.29) is 37.2 Å². The van der Waals surface area contributed by atoms with E-state index in [1.54, 1.807) is 7.11 Å². The maximum atomic E-state index is 8.84. The summed E-state index contributed by atoms with van der Waals surface area (Å²) in [6.45, 7) is 4.69. The van der Waals surface area contributed by atoms with E-state index in [0.717, 1.165) is 30.5 Å². The highest BCUT2D eigenvalue weighted by molar-refractivity contribution is 14.0. The molecule has 1 fully saturated rings. The fourth-order valence-corrected chi connectivity index (χ4v) is 2.16. The van der Waals surface area contributed by atoms with E-state index in [9.17, 15) is 0 Å². The summed E-state index contributed by atoms with van der Waals surface area (Å²) in [6, 6.07) is 5.73. The number of hydrogen-bond acceptors (Lipinski definition) is 4. The van der Waals surface area contributed by atoms with Gasteiger partial charge in [-0.3, -0.25) is 0 Å². The molecule has 7 heteroatoms.